The van der Waals surface area contributed by atoms with E-state index in [0.29, 0.717) is 37.6 Å². The standard InChI is InChI=1S/C19H28N2O4S/c1-15-5-7-18(8-6-15)25-26(23,24)21-12-9-17(10-13-21)19(22)20-11-3-4-16(2)14-20/h5-8,16-17H,3-4,9-14H2,1-2H3/t16-/m1/s1. The maximum absolute atomic E-state index is 12.7. The van der Waals surface area contributed by atoms with Crippen LogP contribution in [0.1, 0.15) is 38.2 Å². The summed E-state index contributed by atoms with van der Waals surface area (Å²) in [5.74, 6) is 0.978. The van der Waals surface area contributed by atoms with Crippen LogP contribution in [0.25, 0.3) is 0 Å². The van der Waals surface area contributed by atoms with Crippen molar-refractivity contribution in [2.24, 2.45) is 11.8 Å². The predicted molar refractivity (Wildman–Crippen MR) is 100 cm³/mol. The number of likely N-dealkylation sites (tertiary alicyclic amines) is 1. The van der Waals surface area contributed by atoms with Crippen LogP contribution < -0.4 is 4.18 Å². The molecule has 26 heavy (non-hydrogen) atoms. The van der Waals surface area contributed by atoms with E-state index < -0.39 is 10.3 Å². The van der Waals surface area contributed by atoms with Gasteiger partial charge in [-0.25, -0.2) is 0 Å². The Kier molecular flexibility index (Phi) is 5.87. The highest BCUT2D eigenvalue weighted by molar-refractivity contribution is 7.84. The summed E-state index contributed by atoms with van der Waals surface area (Å²) in [6, 6.07) is 6.94. The summed E-state index contributed by atoms with van der Waals surface area (Å²) < 4.78 is 31.5. The molecule has 2 aliphatic rings. The summed E-state index contributed by atoms with van der Waals surface area (Å²) in [4.78, 5) is 14.7. The van der Waals surface area contributed by atoms with Crippen molar-refractivity contribution in [1.82, 2.24) is 9.21 Å². The number of aryl methyl sites for hydroxylation is 1. The van der Waals surface area contributed by atoms with Gasteiger partial charge in [-0.2, -0.15) is 12.7 Å². The molecule has 0 radical (unpaired) electrons. The number of hydrogen-bond acceptors (Lipinski definition) is 4. The van der Waals surface area contributed by atoms with Gasteiger partial charge in [0, 0.05) is 32.1 Å². The lowest BCUT2D eigenvalue weighted by atomic mass is 9.93. The van der Waals surface area contributed by atoms with Crippen LogP contribution in [-0.2, 0) is 15.1 Å². The van der Waals surface area contributed by atoms with Gasteiger partial charge >= 0.3 is 10.3 Å². The normalized spacial score (nSPS) is 23.0. The number of amides is 1. The van der Waals surface area contributed by atoms with Gasteiger partial charge < -0.3 is 9.08 Å². The highest BCUT2D eigenvalue weighted by Crippen LogP contribution is 2.26. The molecule has 1 amide bonds. The summed E-state index contributed by atoms with van der Waals surface area (Å²) in [5.41, 5.74) is 1.04. The van der Waals surface area contributed by atoms with Crippen LogP contribution in [0.2, 0.25) is 0 Å². The van der Waals surface area contributed by atoms with Gasteiger partial charge in [-0.3, -0.25) is 4.79 Å². The van der Waals surface area contributed by atoms with Crippen molar-refractivity contribution in [1.29, 1.82) is 0 Å². The van der Waals surface area contributed by atoms with E-state index in [1.807, 2.05) is 24.0 Å². The van der Waals surface area contributed by atoms with E-state index >= 15 is 0 Å². The van der Waals surface area contributed by atoms with Gasteiger partial charge in [-0.05, 0) is 50.7 Å². The zero-order chi connectivity index (χ0) is 18.7. The van der Waals surface area contributed by atoms with Gasteiger partial charge in [0.15, 0.2) is 0 Å². The molecule has 2 aliphatic heterocycles. The molecule has 0 unspecified atom stereocenters. The lowest BCUT2D eigenvalue weighted by Crippen LogP contribution is -2.47. The number of carbonyl (C=O) groups is 1. The fourth-order valence-electron chi connectivity index (χ4n) is 3.74. The molecule has 1 aromatic carbocycles. The van der Waals surface area contributed by atoms with Gasteiger partial charge in [0.2, 0.25) is 5.91 Å². The van der Waals surface area contributed by atoms with Gasteiger partial charge in [0.1, 0.15) is 5.75 Å². The average Bonchev–Trinajstić information content (AvgIpc) is 2.63. The van der Waals surface area contributed by atoms with Crippen LogP contribution in [-0.4, -0.2) is 49.7 Å². The third-order valence-electron chi connectivity index (χ3n) is 5.31. The zero-order valence-electron chi connectivity index (χ0n) is 15.6. The largest absolute Gasteiger partial charge is 0.385 e. The Morgan fingerprint density at radius 3 is 2.35 bits per heavy atom. The maximum Gasteiger partial charge on any atom is 0.385 e. The summed E-state index contributed by atoms with van der Waals surface area (Å²) in [6.45, 7) is 6.42. The Hall–Kier alpha value is -1.60. The molecule has 0 N–H and O–H groups in total. The van der Waals surface area contributed by atoms with Crippen molar-refractivity contribution < 1.29 is 17.4 Å². The topological polar surface area (TPSA) is 66.9 Å². The smallest absolute Gasteiger partial charge is 0.371 e. The molecular formula is C19H28N2O4S. The van der Waals surface area contributed by atoms with E-state index in [2.05, 4.69) is 6.92 Å². The minimum absolute atomic E-state index is 0.0777. The van der Waals surface area contributed by atoms with Gasteiger partial charge in [-0.15, -0.1) is 0 Å². The minimum atomic E-state index is -3.82. The lowest BCUT2D eigenvalue weighted by Gasteiger charge is -2.36. The molecule has 0 saturated carbocycles. The third kappa shape index (κ3) is 4.57. The first-order valence-corrected chi connectivity index (χ1v) is 10.8. The Morgan fingerprint density at radius 1 is 1.08 bits per heavy atom. The van der Waals surface area contributed by atoms with E-state index in [1.54, 1.807) is 12.1 Å². The molecule has 144 valence electrons. The first kappa shape index (κ1) is 19.2. The van der Waals surface area contributed by atoms with Crippen LogP contribution in [0.4, 0.5) is 0 Å². The molecule has 0 aromatic heterocycles. The van der Waals surface area contributed by atoms with E-state index in [1.165, 1.54) is 10.7 Å². The van der Waals surface area contributed by atoms with Crippen LogP contribution >= 0.6 is 0 Å². The van der Waals surface area contributed by atoms with Crippen molar-refractivity contribution >= 4 is 16.2 Å². The quantitative estimate of drug-likeness (QED) is 0.805. The summed E-state index contributed by atoms with van der Waals surface area (Å²) in [7, 11) is -3.82. The molecule has 2 heterocycles. The molecule has 0 spiro atoms. The first-order chi connectivity index (χ1) is 12.3. The Bertz CT molecular complexity index is 724. The molecule has 6 nitrogen and oxygen atoms in total. The van der Waals surface area contributed by atoms with Crippen molar-refractivity contribution in [2.45, 2.75) is 39.5 Å². The highest BCUT2D eigenvalue weighted by Gasteiger charge is 2.35. The molecule has 0 bridgehead atoms. The SMILES string of the molecule is Cc1ccc(OS(=O)(=O)N2CCC(C(=O)N3CCC[C@@H](C)C3)CC2)cc1. The van der Waals surface area contributed by atoms with Crippen molar-refractivity contribution in [3.8, 4) is 5.75 Å². The predicted octanol–water partition coefficient (Wildman–Crippen LogP) is 2.59. The number of carbonyl (C=O) groups excluding carboxylic acids is 1. The monoisotopic (exact) mass is 380 g/mol. The summed E-state index contributed by atoms with van der Waals surface area (Å²) in [6.07, 6.45) is 3.35. The van der Waals surface area contributed by atoms with Gasteiger partial charge in [-0.1, -0.05) is 24.6 Å². The minimum Gasteiger partial charge on any atom is -0.371 e. The van der Waals surface area contributed by atoms with Crippen LogP contribution in [0.5, 0.6) is 5.75 Å². The third-order valence-corrected chi connectivity index (χ3v) is 6.71. The molecule has 2 saturated heterocycles. The molecular weight excluding hydrogens is 352 g/mol. The van der Waals surface area contributed by atoms with E-state index in [4.69, 9.17) is 4.18 Å². The van der Waals surface area contributed by atoms with E-state index in [-0.39, 0.29) is 11.8 Å². The number of nitrogens with zero attached hydrogens (tertiary/aromatic N) is 2. The Labute approximate surface area is 156 Å². The fourth-order valence-corrected chi connectivity index (χ4v) is 4.86. The second-order valence-electron chi connectivity index (χ2n) is 7.56. The maximum atomic E-state index is 12.7. The van der Waals surface area contributed by atoms with Gasteiger partial charge in [0.25, 0.3) is 0 Å². The average molecular weight is 381 g/mol. The van der Waals surface area contributed by atoms with Crippen molar-refractivity contribution in [2.75, 3.05) is 26.2 Å². The molecule has 1 aromatic rings. The first-order valence-electron chi connectivity index (χ1n) is 9.40. The molecule has 1 atom stereocenters. The molecule has 3 rings (SSSR count). The van der Waals surface area contributed by atoms with Crippen LogP contribution in [0, 0.1) is 18.8 Å². The summed E-state index contributed by atoms with van der Waals surface area (Å²) >= 11 is 0. The van der Waals surface area contributed by atoms with Crippen LogP contribution in [0.3, 0.4) is 0 Å². The second kappa shape index (κ2) is 7.96. The zero-order valence-corrected chi connectivity index (χ0v) is 16.4. The van der Waals surface area contributed by atoms with Crippen LogP contribution in [0.15, 0.2) is 24.3 Å². The van der Waals surface area contributed by atoms with E-state index in [0.717, 1.165) is 25.1 Å². The number of hydrogen-bond donors (Lipinski definition) is 0. The molecule has 0 aliphatic carbocycles. The summed E-state index contributed by atoms with van der Waals surface area (Å²) in [5, 5.41) is 0. The molecule has 7 heteroatoms. The van der Waals surface area contributed by atoms with Crippen molar-refractivity contribution in [3.05, 3.63) is 29.8 Å². The number of benzene rings is 1. The number of piperidine rings is 2. The Morgan fingerprint density at radius 2 is 1.73 bits per heavy atom. The lowest BCUT2D eigenvalue weighted by molar-refractivity contribution is -0.138. The second-order valence-corrected chi connectivity index (χ2v) is 9.10. The molecule has 2 fully saturated rings. The van der Waals surface area contributed by atoms with Gasteiger partial charge in [0.05, 0.1) is 0 Å². The highest BCUT2D eigenvalue weighted by atomic mass is 32.2. The van der Waals surface area contributed by atoms with Crippen molar-refractivity contribution in [3.63, 3.8) is 0 Å². The number of rotatable bonds is 4. The Balaban J connectivity index is 1.55. The van der Waals surface area contributed by atoms with E-state index in [9.17, 15) is 13.2 Å². The fraction of sp³-hybridized carbons (Fsp3) is 0.632.